The Morgan fingerprint density at radius 2 is 1.88 bits per heavy atom. The number of hydrogen-bond donors (Lipinski definition) is 1. The van der Waals surface area contributed by atoms with E-state index in [4.69, 9.17) is 0 Å². The first-order valence-electron chi connectivity index (χ1n) is 6.09. The van der Waals surface area contributed by atoms with Crippen molar-refractivity contribution in [2.45, 2.75) is 46.7 Å². The van der Waals surface area contributed by atoms with E-state index in [1.165, 1.54) is 5.82 Å². The van der Waals surface area contributed by atoms with E-state index in [2.05, 4.69) is 47.8 Å². The molecule has 1 aromatic heterocycles. The smallest absolute Gasteiger partial charge is 0.147 e. The molecule has 0 aromatic carbocycles. The maximum Gasteiger partial charge on any atom is 0.147 e. The van der Waals surface area contributed by atoms with Gasteiger partial charge in [-0.15, -0.1) is 10.2 Å². The topological polar surface area (TPSA) is 42.7 Å². The van der Waals surface area contributed by atoms with Crippen molar-refractivity contribution < 1.29 is 0 Å². The molecule has 1 fully saturated rings. The molecule has 88 valence electrons. The first-order valence-corrected chi connectivity index (χ1v) is 6.09. The predicted octanol–water partition coefficient (Wildman–Crippen LogP) is 1.53. The molecule has 0 bridgehead atoms. The van der Waals surface area contributed by atoms with Crippen molar-refractivity contribution >= 4 is 0 Å². The summed E-state index contributed by atoms with van der Waals surface area (Å²) in [6.07, 6.45) is 0. The number of fused-ring (bicyclic) bond motifs is 1. The quantitative estimate of drug-likeness (QED) is 0.780. The third-order valence-electron chi connectivity index (χ3n) is 4.93. The first-order chi connectivity index (χ1) is 7.46. The molecule has 0 amide bonds. The van der Waals surface area contributed by atoms with Crippen LogP contribution in [0.5, 0.6) is 0 Å². The molecule has 1 saturated carbocycles. The Bertz CT molecular complexity index is 416. The van der Waals surface area contributed by atoms with E-state index in [1.807, 2.05) is 0 Å². The number of hydrogen-bond acceptors (Lipinski definition) is 3. The number of rotatable bonds is 1. The van der Waals surface area contributed by atoms with Gasteiger partial charge in [0.25, 0.3) is 0 Å². The average Bonchev–Trinajstić information content (AvgIpc) is 2.58. The molecule has 0 spiro atoms. The molecule has 0 radical (unpaired) electrons. The zero-order valence-electron chi connectivity index (χ0n) is 10.5. The molecule has 1 aromatic rings. The summed E-state index contributed by atoms with van der Waals surface area (Å²) in [5, 5.41) is 12.1. The maximum atomic E-state index is 4.42. The normalized spacial score (nSPS) is 26.5. The molecular weight excluding hydrogens is 200 g/mol. The lowest BCUT2D eigenvalue weighted by Gasteiger charge is -2.16. The summed E-state index contributed by atoms with van der Waals surface area (Å²) in [4.78, 5) is 0. The Balaban J connectivity index is 2.00. The van der Waals surface area contributed by atoms with Crippen molar-refractivity contribution in [3.63, 3.8) is 0 Å². The van der Waals surface area contributed by atoms with Crippen molar-refractivity contribution in [3.8, 4) is 0 Å². The fraction of sp³-hybridized carbons (Fsp3) is 0.833. The van der Waals surface area contributed by atoms with Crippen LogP contribution in [0.25, 0.3) is 0 Å². The highest BCUT2D eigenvalue weighted by Crippen LogP contribution is 2.73. The van der Waals surface area contributed by atoms with Crippen LogP contribution in [-0.2, 0) is 13.1 Å². The van der Waals surface area contributed by atoms with Crippen LogP contribution in [0.15, 0.2) is 0 Å². The van der Waals surface area contributed by atoms with E-state index in [1.54, 1.807) is 0 Å². The van der Waals surface area contributed by atoms with Crippen molar-refractivity contribution in [3.05, 3.63) is 11.6 Å². The summed E-state index contributed by atoms with van der Waals surface area (Å²) in [6.45, 7) is 12.2. The molecule has 2 aliphatic rings. The molecule has 0 atom stereocenters. The Morgan fingerprint density at radius 1 is 1.19 bits per heavy atom. The van der Waals surface area contributed by atoms with Gasteiger partial charge < -0.3 is 9.88 Å². The lowest BCUT2D eigenvalue weighted by Crippen LogP contribution is -2.29. The summed E-state index contributed by atoms with van der Waals surface area (Å²) < 4.78 is 2.32. The summed E-state index contributed by atoms with van der Waals surface area (Å²) in [7, 11) is 0. The second kappa shape index (κ2) is 2.86. The van der Waals surface area contributed by atoms with Crippen molar-refractivity contribution in [1.29, 1.82) is 0 Å². The van der Waals surface area contributed by atoms with Crippen molar-refractivity contribution in [1.82, 2.24) is 20.1 Å². The van der Waals surface area contributed by atoms with Gasteiger partial charge in [-0.3, -0.25) is 0 Å². The molecule has 4 heteroatoms. The SMILES string of the molecule is CC1(C)C(c2nnc3n2CCNC3)C1(C)C. The number of nitrogens with zero attached hydrogens (tertiary/aromatic N) is 3. The molecule has 0 unspecified atom stereocenters. The highest BCUT2D eigenvalue weighted by molar-refractivity contribution is 5.27. The monoisotopic (exact) mass is 220 g/mol. The van der Waals surface area contributed by atoms with Crippen molar-refractivity contribution in [2.75, 3.05) is 6.54 Å². The average molecular weight is 220 g/mol. The highest BCUT2D eigenvalue weighted by atomic mass is 15.3. The van der Waals surface area contributed by atoms with Crippen LogP contribution in [0.4, 0.5) is 0 Å². The van der Waals surface area contributed by atoms with Gasteiger partial charge in [-0.05, 0) is 10.8 Å². The van der Waals surface area contributed by atoms with E-state index >= 15 is 0 Å². The number of aromatic nitrogens is 3. The van der Waals surface area contributed by atoms with Gasteiger partial charge in [-0.2, -0.15) is 0 Å². The summed E-state index contributed by atoms with van der Waals surface area (Å²) in [6, 6.07) is 0. The van der Waals surface area contributed by atoms with Crippen LogP contribution in [0.3, 0.4) is 0 Å². The van der Waals surface area contributed by atoms with E-state index in [-0.39, 0.29) is 0 Å². The molecule has 3 rings (SSSR count). The van der Waals surface area contributed by atoms with Gasteiger partial charge in [0.1, 0.15) is 11.6 Å². The highest BCUT2D eigenvalue weighted by Gasteiger charge is 2.67. The van der Waals surface area contributed by atoms with Gasteiger partial charge in [-0.25, -0.2) is 0 Å². The van der Waals surface area contributed by atoms with Gasteiger partial charge >= 0.3 is 0 Å². The second-order valence-corrected chi connectivity index (χ2v) is 6.18. The molecule has 0 saturated heterocycles. The first kappa shape index (κ1) is 10.3. The molecule has 1 aliphatic heterocycles. The summed E-state index contributed by atoms with van der Waals surface area (Å²) >= 11 is 0. The van der Waals surface area contributed by atoms with E-state index < -0.39 is 0 Å². The standard InChI is InChI=1S/C12H20N4/c1-11(2)9(12(11,3)4)10-15-14-8-7-13-5-6-16(8)10/h9,13H,5-7H2,1-4H3. The van der Waals surface area contributed by atoms with Gasteiger partial charge in [-0.1, -0.05) is 27.7 Å². The zero-order valence-corrected chi connectivity index (χ0v) is 10.5. The predicted molar refractivity (Wildman–Crippen MR) is 62.0 cm³/mol. The van der Waals surface area contributed by atoms with Crippen molar-refractivity contribution in [2.24, 2.45) is 10.8 Å². The summed E-state index contributed by atoms with van der Waals surface area (Å²) in [5.41, 5.74) is 0.698. The Morgan fingerprint density at radius 3 is 2.50 bits per heavy atom. The Hall–Kier alpha value is -0.900. The maximum absolute atomic E-state index is 4.42. The minimum absolute atomic E-state index is 0.349. The van der Waals surface area contributed by atoms with Crippen LogP contribution < -0.4 is 5.32 Å². The van der Waals surface area contributed by atoms with Gasteiger partial charge in [0.2, 0.25) is 0 Å². The Kier molecular flexibility index (Phi) is 1.83. The van der Waals surface area contributed by atoms with Gasteiger partial charge in [0.15, 0.2) is 0 Å². The largest absolute Gasteiger partial charge is 0.312 e. The van der Waals surface area contributed by atoms with Gasteiger partial charge in [0, 0.05) is 19.0 Å². The molecule has 1 N–H and O–H groups in total. The van der Waals surface area contributed by atoms with E-state index in [0.717, 1.165) is 25.5 Å². The third-order valence-corrected chi connectivity index (χ3v) is 4.93. The minimum atomic E-state index is 0.349. The molecule has 1 aliphatic carbocycles. The van der Waals surface area contributed by atoms with Crippen LogP contribution in [0, 0.1) is 10.8 Å². The third kappa shape index (κ3) is 1.08. The molecular formula is C12H20N4. The molecule has 16 heavy (non-hydrogen) atoms. The Labute approximate surface area is 96.4 Å². The zero-order chi connectivity index (χ0) is 11.6. The number of nitrogens with one attached hydrogen (secondary N) is 1. The van der Waals surface area contributed by atoms with Crippen LogP contribution in [0.1, 0.15) is 45.3 Å². The fourth-order valence-electron chi connectivity index (χ4n) is 3.17. The minimum Gasteiger partial charge on any atom is -0.312 e. The van der Waals surface area contributed by atoms with E-state index in [0.29, 0.717) is 16.7 Å². The van der Waals surface area contributed by atoms with Crippen LogP contribution >= 0.6 is 0 Å². The molecule has 4 nitrogen and oxygen atoms in total. The van der Waals surface area contributed by atoms with E-state index in [9.17, 15) is 0 Å². The second-order valence-electron chi connectivity index (χ2n) is 6.18. The lowest BCUT2D eigenvalue weighted by atomic mass is 10.0. The van der Waals surface area contributed by atoms with Gasteiger partial charge in [0.05, 0.1) is 6.54 Å². The molecule has 2 heterocycles. The van der Waals surface area contributed by atoms with Crippen LogP contribution in [-0.4, -0.2) is 21.3 Å². The van der Waals surface area contributed by atoms with Crippen LogP contribution in [0.2, 0.25) is 0 Å². The lowest BCUT2D eigenvalue weighted by molar-refractivity contribution is 0.457. The summed E-state index contributed by atoms with van der Waals surface area (Å²) in [5.74, 6) is 2.85. The fourth-order valence-corrected chi connectivity index (χ4v) is 3.17.